The molecule has 2 N–H and O–H groups in total. The summed E-state index contributed by atoms with van der Waals surface area (Å²) in [5.41, 5.74) is 13.9. The number of aryl methyl sites for hydroxylation is 2. The molecule has 0 radical (unpaired) electrons. The number of nitrogens with zero attached hydrogens (tertiary/aromatic N) is 3. The normalized spacial score (nSPS) is 18.5. The summed E-state index contributed by atoms with van der Waals surface area (Å²) in [6.45, 7) is 8.72. The van der Waals surface area contributed by atoms with Crippen molar-refractivity contribution >= 4 is 11.3 Å². The number of rotatable bonds is 3. The third-order valence-electron chi connectivity index (χ3n) is 5.81. The lowest BCUT2D eigenvalue weighted by atomic mass is 10.0. The molecule has 1 saturated heterocycles. The van der Waals surface area contributed by atoms with Crippen LogP contribution in [-0.2, 0) is 6.54 Å². The van der Waals surface area contributed by atoms with E-state index in [4.69, 9.17) is 10.7 Å². The summed E-state index contributed by atoms with van der Waals surface area (Å²) in [6, 6.07) is 11.2. The number of hydrogen-bond donors (Lipinski definition) is 1. The molecule has 1 aliphatic rings. The Hall–Kier alpha value is -2.33. The number of imidazole rings is 1. The summed E-state index contributed by atoms with van der Waals surface area (Å²) >= 11 is 0. The Kier molecular flexibility index (Phi) is 4.45. The van der Waals surface area contributed by atoms with E-state index in [0.29, 0.717) is 6.04 Å². The molecule has 0 saturated carbocycles. The first-order valence-electron chi connectivity index (χ1n) is 9.61. The third-order valence-corrected chi connectivity index (χ3v) is 5.81. The molecule has 4 heteroatoms. The van der Waals surface area contributed by atoms with E-state index in [1.54, 1.807) is 0 Å². The molecular weight excluding hydrogens is 320 g/mol. The maximum absolute atomic E-state index is 6.08. The lowest BCUT2D eigenvalue weighted by Crippen LogP contribution is -2.37. The van der Waals surface area contributed by atoms with Gasteiger partial charge in [-0.05, 0) is 69.5 Å². The highest BCUT2D eigenvalue weighted by Crippen LogP contribution is 2.29. The summed E-state index contributed by atoms with van der Waals surface area (Å²) < 4.78 is 2.18. The Morgan fingerprint density at radius 3 is 2.73 bits per heavy atom. The second-order valence-electron chi connectivity index (χ2n) is 7.71. The van der Waals surface area contributed by atoms with Crippen molar-refractivity contribution in [3.63, 3.8) is 0 Å². The van der Waals surface area contributed by atoms with E-state index in [1.807, 2.05) is 18.3 Å². The molecule has 1 unspecified atom stereocenters. The van der Waals surface area contributed by atoms with Crippen molar-refractivity contribution in [3.8, 4) is 11.3 Å². The molecule has 1 aliphatic heterocycles. The smallest absolute Gasteiger partial charge is 0.137 e. The van der Waals surface area contributed by atoms with Crippen LogP contribution in [0.3, 0.4) is 0 Å². The molecule has 1 fully saturated rings. The Morgan fingerprint density at radius 2 is 1.96 bits per heavy atom. The van der Waals surface area contributed by atoms with Gasteiger partial charge in [0, 0.05) is 30.0 Å². The Bertz CT molecular complexity index is 941. The number of hydrogen-bond acceptors (Lipinski definition) is 3. The van der Waals surface area contributed by atoms with Crippen LogP contribution in [0, 0.1) is 13.8 Å². The highest BCUT2D eigenvalue weighted by atomic mass is 15.2. The highest BCUT2D eigenvalue weighted by Gasteiger charge is 2.22. The molecular formula is C22H28N4. The predicted molar refractivity (Wildman–Crippen MR) is 108 cm³/mol. The number of pyridine rings is 1. The van der Waals surface area contributed by atoms with Crippen LogP contribution in [0.15, 0.2) is 36.5 Å². The van der Waals surface area contributed by atoms with Crippen molar-refractivity contribution in [1.82, 2.24) is 14.3 Å². The van der Waals surface area contributed by atoms with Crippen LogP contribution >= 0.6 is 0 Å². The van der Waals surface area contributed by atoms with Crippen molar-refractivity contribution in [2.75, 3.05) is 12.3 Å². The third kappa shape index (κ3) is 3.10. The van der Waals surface area contributed by atoms with Gasteiger partial charge in [0.1, 0.15) is 5.65 Å². The number of likely N-dealkylation sites (tertiary alicyclic amines) is 1. The number of benzene rings is 1. The zero-order valence-electron chi connectivity index (χ0n) is 16.0. The number of piperidine rings is 1. The van der Waals surface area contributed by atoms with Crippen LogP contribution in [0.25, 0.3) is 16.9 Å². The molecule has 4 nitrogen and oxygen atoms in total. The van der Waals surface area contributed by atoms with Gasteiger partial charge in [-0.15, -0.1) is 0 Å². The average molecular weight is 348 g/mol. The summed E-state index contributed by atoms with van der Waals surface area (Å²) in [5.74, 6) is 0. The predicted octanol–water partition coefficient (Wildman–Crippen LogP) is 4.57. The van der Waals surface area contributed by atoms with Gasteiger partial charge in [0.25, 0.3) is 0 Å². The van der Waals surface area contributed by atoms with Gasteiger partial charge in [-0.2, -0.15) is 0 Å². The van der Waals surface area contributed by atoms with E-state index < -0.39 is 0 Å². The molecule has 0 amide bonds. The molecule has 26 heavy (non-hydrogen) atoms. The van der Waals surface area contributed by atoms with Gasteiger partial charge in [0.15, 0.2) is 0 Å². The van der Waals surface area contributed by atoms with Crippen molar-refractivity contribution in [1.29, 1.82) is 0 Å². The molecule has 3 aromatic rings. The Morgan fingerprint density at radius 1 is 1.12 bits per heavy atom. The topological polar surface area (TPSA) is 46.6 Å². The van der Waals surface area contributed by atoms with Crippen molar-refractivity contribution in [2.24, 2.45) is 0 Å². The largest absolute Gasteiger partial charge is 0.398 e. The first-order chi connectivity index (χ1) is 12.5. The zero-order chi connectivity index (χ0) is 18.3. The van der Waals surface area contributed by atoms with E-state index in [9.17, 15) is 0 Å². The lowest BCUT2D eigenvalue weighted by molar-refractivity contribution is 0.151. The van der Waals surface area contributed by atoms with E-state index in [2.05, 4.69) is 48.3 Å². The quantitative estimate of drug-likeness (QED) is 0.754. The maximum Gasteiger partial charge on any atom is 0.137 e. The SMILES string of the molecule is Cc1ccc(-c2nc3ccc(N)cn3c2CN2CCCCC2C)cc1C. The van der Waals surface area contributed by atoms with Crippen LogP contribution in [0.2, 0.25) is 0 Å². The summed E-state index contributed by atoms with van der Waals surface area (Å²) in [4.78, 5) is 7.55. The van der Waals surface area contributed by atoms with Crippen LogP contribution in [0.5, 0.6) is 0 Å². The van der Waals surface area contributed by atoms with Gasteiger partial charge in [0.2, 0.25) is 0 Å². The number of fused-ring (bicyclic) bond motifs is 1. The molecule has 0 bridgehead atoms. The zero-order valence-corrected chi connectivity index (χ0v) is 16.0. The Labute approximate surface area is 155 Å². The van der Waals surface area contributed by atoms with Gasteiger partial charge in [-0.25, -0.2) is 4.98 Å². The molecule has 136 valence electrons. The lowest BCUT2D eigenvalue weighted by Gasteiger charge is -2.33. The van der Waals surface area contributed by atoms with Crippen LogP contribution in [0.4, 0.5) is 5.69 Å². The van der Waals surface area contributed by atoms with E-state index in [1.165, 1.54) is 41.6 Å². The summed E-state index contributed by atoms with van der Waals surface area (Å²) in [6.07, 6.45) is 5.90. The standard InChI is InChI=1S/C22H28N4/c1-15-7-8-18(12-16(15)2)22-20(14-25-11-5-4-6-17(25)3)26-13-19(23)9-10-21(26)24-22/h7-10,12-13,17H,4-6,11,14,23H2,1-3H3. The van der Waals surface area contributed by atoms with Gasteiger partial charge < -0.3 is 10.1 Å². The monoisotopic (exact) mass is 348 g/mol. The number of aromatic nitrogens is 2. The number of anilines is 1. The van der Waals surface area contributed by atoms with E-state index >= 15 is 0 Å². The van der Waals surface area contributed by atoms with Crippen molar-refractivity contribution in [2.45, 2.75) is 52.6 Å². The minimum Gasteiger partial charge on any atom is -0.398 e. The molecule has 0 spiro atoms. The van der Waals surface area contributed by atoms with E-state index in [0.717, 1.165) is 30.1 Å². The van der Waals surface area contributed by atoms with Gasteiger partial charge in [-0.1, -0.05) is 18.6 Å². The van der Waals surface area contributed by atoms with Crippen LogP contribution in [-0.4, -0.2) is 26.9 Å². The fraction of sp³-hybridized carbons (Fsp3) is 0.409. The minimum atomic E-state index is 0.614. The molecule has 1 atom stereocenters. The summed E-state index contributed by atoms with van der Waals surface area (Å²) in [5, 5.41) is 0. The van der Waals surface area contributed by atoms with E-state index in [-0.39, 0.29) is 0 Å². The minimum absolute atomic E-state index is 0.614. The summed E-state index contributed by atoms with van der Waals surface area (Å²) in [7, 11) is 0. The molecule has 4 rings (SSSR count). The highest BCUT2D eigenvalue weighted by molar-refractivity contribution is 5.68. The second-order valence-corrected chi connectivity index (χ2v) is 7.71. The van der Waals surface area contributed by atoms with Crippen LogP contribution in [0.1, 0.15) is 43.0 Å². The Balaban J connectivity index is 1.84. The molecule has 1 aromatic carbocycles. The molecule has 3 heterocycles. The van der Waals surface area contributed by atoms with Crippen molar-refractivity contribution in [3.05, 3.63) is 53.3 Å². The van der Waals surface area contributed by atoms with Gasteiger partial charge >= 0.3 is 0 Å². The first kappa shape index (κ1) is 17.1. The fourth-order valence-corrected chi connectivity index (χ4v) is 3.97. The molecule has 2 aromatic heterocycles. The number of nitrogen functional groups attached to an aromatic ring is 1. The first-order valence-corrected chi connectivity index (χ1v) is 9.61. The second kappa shape index (κ2) is 6.76. The van der Waals surface area contributed by atoms with Crippen molar-refractivity contribution < 1.29 is 0 Å². The van der Waals surface area contributed by atoms with Gasteiger partial charge in [0.05, 0.1) is 11.4 Å². The maximum atomic E-state index is 6.08. The number of nitrogens with two attached hydrogens (primary N) is 1. The average Bonchev–Trinajstić information content (AvgIpc) is 2.97. The van der Waals surface area contributed by atoms with Crippen LogP contribution < -0.4 is 5.73 Å². The molecule has 0 aliphatic carbocycles. The van der Waals surface area contributed by atoms with Gasteiger partial charge in [-0.3, -0.25) is 4.90 Å². The fourth-order valence-electron chi connectivity index (χ4n) is 3.97.